The lowest BCUT2D eigenvalue weighted by Gasteiger charge is -2.09. The number of benzene rings is 2. The van der Waals surface area contributed by atoms with Crippen LogP contribution in [-0.2, 0) is 6.18 Å². The molecular weight excluding hydrogens is 293 g/mol. The van der Waals surface area contributed by atoms with Crippen molar-refractivity contribution in [3.05, 3.63) is 65.9 Å². The van der Waals surface area contributed by atoms with Gasteiger partial charge in [0.1, 0.15) is 0 Å². The van der Waals surface area contributed by atoms with Crippen molar-refractivity contribution >= 4 is 22.5 Å². The second kappa shape index (κ2) is 5.22. The Morgan fingerprint density at radius 1 is 1.00 bits per heavy atom. The second-order valence-corrected chi connectivity index (χ2v) is 4.81. The molecule has 0 radical (unpaired) electrons. The van der Waals surface area contributed by atoms with Gasteiger partial charge in [0.2, 0.25) is 0 Å². The predicted octanol–water partition coefficient (Wildman–Crippen LogP) is 4.44. The first-order chi connectivity index (χ1) is 10.4. The van der Waals surface area contributed by atoms with Crippen LogP contribution in [0.3, 0.4) is 0 Å². The van der Waals surface area contributed by atoms with E-state index in [1.807, 2.05) is 6.07 Å². The molecule has 0 aliphatic rings. The van der Waals surface area contributed by atoms with E-state index in [2.05, 4.69) is 10.3 Å². The van der Waals surface area contributed by atoms with Crippen molar-refractivity contribution in [1.29, 1.82) is 0 Å². The van der Waals surface area contributed by atoms with Gasteiger partial charge in [-0.15, -0.1) is 0 Å². The van der Waals surface area contributed by atoms with E-state index in [4.69, 9.17) is 0 Å². The average Bonchev–Trinajstić information content (AvgIpc) is 2.94. The molecule has 0 unspecified atom stereocenters. The third kappa shape index (κ3) is 2.81. The molecule has 1 aromatic heterocycles. The molecular formula is C16H11F3N2O. The first-order valence-electron chi connectivity index (χ1n) is 6.49. The van der Waals surface area contributed by atoms with Gasteiger partial charge in [-0.3, -0.25) is 4.79 Å². The van der Waals surface area contributed by atoms with Crippen LogP contribution in [0.1, 0.15) is 15.9 Å². The van der Waals surface area contributed by atoms with E-state index in [9.17, 15) is 18.0 Å². The molecule has 0 saturated heterocycles. The van der Waals surface area contributed by atoms with Crippen LogP contribution in [0.5, 0.6) is 0 Å². The van der Waals surface area contributed by atoms with Crippen molar-refractivity contribution in [2.45, 2.75) is 6.18 Å². The molecule has 22 heavy (non-hydrogen) atoms. The third-order valence-electron chi connectivity index (χ3n) is 3.29. The summed E-state index contributed by atoms with van der Waals surface area (Å²) >= 11 is 0. The fourth-order valence-electron chi connectivity index (χ4n) is 2.13. The quantitative estimate of drug-likeness (QED) is 0.722. The van der Waals surface area contributed by atoms with Crippen LogP contribution in [0.2, 0.25) is 0 Å². The zero-order valence-electron chi connectivity index (χ0n) is 11.2. The Hall–Kier alpha value is -2.76. The van der Waals surface area contributed by atoms with Crippen molar-refractivity contribution in [1.82, 2.24) is 4.98 Å². The molecule has 2 aromatic carbocycles. The van der Waals surface area contributed by atoms with E-state index >= 15 is 0 Å². The second-order valence-electron chi connectivity index (χ2n) is 4.81. The highest BCUT2D eigenvalue weighted by atomic mass is 19.4. The minimum atomic E-state index is -4.39. The van der Waals surface area contributed by atoms with Crippen molar-refractivity contribution in [3.8, 4) is 0 Å². The molecule has 0 spiro atoms. The Kier molecular flexibility index (Phi) is 3.36. The lowest BCUT2D eigenvalue weighted by atomic mass is 10.1. The van der Waals surface area contributed by atoms with Gasteiger partial charge in [0, 0.05) is 23.0 Å². The highest BCUT2D eigenvalue weighted by Gasteiger charge is 2.29. The number of H-pyrrole nitrogens is 1. The number of aromatic amines is 1. The number of nitrogens with one attached hydrogen (secondary N) is 2. The molecule has 6 heteroatoms. The molecule has 1 amide bonds. The lowest BCUT2D eigenvalue weighted by molar-refractivity contribution is -0.137. The van der Waals surface area contributed by atoms with Gasteiger partial charge in [-0.05, 0) is 47.9 Å². The number of aromatic nitrogens is 1. The van der Waals surface area contributed by atoms with E-state index in [-0.39, 0.29) is 5.91 Å². The van der Waals surface area contributed by atoms with Gasteiger partial charge in [0.15, 0.2) is 0 Å². The predicted molar refractivity (Wildman–Crippen MR) is 77.7 cm³/mol. The topological polar surface area (TPSA) is 44.9 Å². The highest BCUT2D eigenvalue weighted by Crippen LogP contribution is 2.29. The van der Waals surface area contributed by atoms with Crippen LogP contribution in [0.4, 0.5) is 18.9 Å². The molecule has 0 atom stereocenters. The number of fused-ring (bicyclic) bond motifs is 1. The molecule has 0 fully saturated rings. The summed E-state index contributed by atoms with van der Waals surface area (Å²) in [5.41, 5.74) is 0.804. The SMILES string of the molecule is O=C(Nc1ccc(C(F)(F)F)cc1)c1ccc2cc[nH]c2c1. The zero-order chi connectivity index (χ0) is 15.7. The Labute approximate surface area is 123 Å². The molecule has 112 valence electrons. The molecule has 2 N–H and O–H groups in total. The van der Waals surface area contributed by atoms with Crippen molar-refractivity contribution in [2.75, 3.05) is 5.32 Å². The number of carbonyl (C=O) groups is 1. The average molecular weight is 304 g/mol. The Balaban J connectivity index is 1.78. The summed E-state index contributed by atoms with van der Waals surface area (Å²) in [5.74, 6) is -0.378. The van der Waals surface area contributed by atoms with Crippen molar-refractivity contribution in [3.63, 3.8) is 0 Å². The van der Waals surface area contributed by atoms with Crippen LogP contribution >= 0.6 is 0 Å². The van der Waals surface area contributed by atoms with Crippen LogP contribution in [0, 0.1) is 0 Å². The van der Waals surface area contributed by atoms with Gasteiger partial charge in [0.05, 0.1) is 5.56 Å². The van der Waals surface area contributed by atoms with Gasteiger partial charge >= 0.3 is 6.18 Å². The van der Waals surface area contributed by atoms with Gasteiger partial charge in [-0.25, -0.2) is 0 Å². The fraction of sp³-hybridized carbons (Fsp3) is 0.0625. The first-order valence-corrected chi connectivity index (χ1v) is 6.49. The van der Waals surface area contributed by atoms with E-state index in [1.54, 1.807) is 24.4 Å². The number of rotatable bonds is 2. The van der Waals surface area contributed by atoms with Crippen LogP contribution < -0.4 is 5.32 Å². The largest absolute Gasteiger partial charge is 0.416 e. The van der Waals surface area contributed by atoms with Crippen LogP contribution in [0.25, 0.3) is 10.9 Å². The van der Waals surface area contributed by atoms with E-state index in [1.165, 1.54) is 12.1 Å². The van der Waals surface area contributed by atoms with Crippen LogP contribution in [0.15, 0.2) is 54.7 Å². The Bertz CT molecular complexity index is 819. The molecule has 0 aliphatic carbocycles. The molecule has 3 rings (SSSR count). The van der Waals surface area contributed by atoms with Gasteiger partial charge in [-0.2, -0.15) is 13.2 Å². The van der Waals surface area contributed by atoms with E-state index in [0.29, 0.717) is 11.3 Å². The van der Waals surface area contributed by atoms with E-state index in [0.717, 1.165) is 23.0 Å². The molecule has 0 saturated carbocycles. The number of carbonyl (C=O) groups excluding carboxylic acids is 1. The summed E-state index contributed by atoms with van der Waals surface area (Å²) in [6.07, 6.45) is -2.62. The molecule has 3 nitrogen and oxygen atoms in total. The maximum atomic E-state index is 12.5. The summed E-state index contributed by atoms with van der Waals surface area (Å²) in [6.45, 7) is 0. The number of halogens is 3. The highest BCUT2D eigenvalue weighted by molar-refractivity contribution is 6.06. The van der Waals surface area contributed by atoms with Gasteiger partial charge in [-0.1, -0.05) is 6.07 Å². The Morgan fingerprint density at radius 3 is 2.41 bits per heavy atom. The minimum Gasteiger partial charge on any atom is -0.361 e. The number of anilines is 1. The summed E-state index contributed by atoms with van der Waals surface area (Å²) in [4.78, 5) is 15.1. The maximum absolute atomic E-state index is 12.5. The van der Waals surface area contributed by atoms with Gasteiger partial charge < -0.3 is 10.3 Å². The molecule has 1 heterocycles. The molecule has 0 aliphatic heterocycles. The Morgan fingerprint density at radius 2 is 1.73 bits per heavy atom. The van der Waals surface area contributed by atoms with Gasteiger partial charge in [0.25, 0.3) is 5.91 Å². The minimum absolute atomic E-state index is 0.310. The summed E-state index contributed by atoms with van der Waals surface area (Å²) < 4.78 is 37.4. The number of alkyl halides is 3. The van der Waals surface area contributed by atoms with Crippen molar-refractivity contribution < 1.29 is 18.0 Å². The zero-order valence-corrected chi connectivity index (χ0v) is 11.2. The summed E-state index contributed by atoms with van der Waals surface area (Å²) in [5, 5.41) is 3.55. The lowest BCUT2D eigenvalue weighted by Crippen LogP contribution is -2.12. The third-order valence-corrected chi connectivity index (χ3v) is 3.29. The molecule has 3 aromatic rings. The normalized spacial score (nSPS) is 11.6. The fourth-order valence-corrected chi connectivity index (χ4v) is 2.13. The van der Waals surface area contributed by atoms with Crippen LogP contribution in [-0.4, -0.2) is 10.9 Å². The summed E-state index contributed by atoms with van der Waals surface area (Å²) in [6, 6.07) is 11.4. The monoisotopic (exact) mass is 304 g/mol. The first kappa shape index (κ1) is 14.2. The summed E-state index contributed by atoms with van der Waals surface area (Å²) in [7, 11) is 0. The number of hydrogen-bond donors (Lipinski definition) is 2. The number of hydrogen-bond acceptors (Lipinski definition) is 1. The number of amides is 1. The standard InChI is InChI=1S/C16H11F3N2O/c17-16(18,19)12-3-5-13(6-4-12)21-15(22)11-2-1-10-7-8-20-14(10)9-11/h1-9,20H,(H,21,22). The smallest absolute Gasteiger partial charge is 0.361 e. The van der Waals surface area contributed by atoms with E-state index < -0.39 is 11.7 Å². The van der Waals surface area contributed by atoms with Crippen molar-refractivity contribution in [2.24, 2.45) is 0 Å². The maximum Gasteiger partial charge on any atom is 0.416 e. The molecule has 0 bridgehead atoms.